The first-order valence-corrected chi connectivity index (χ1v) is 9.04. The second-order valence-corrected chi connectivity index (χ2v) is 6.61. The lowest BCUT2D eigenvalue weighted by molar-refractivity contribution is -0.125. The Morgan fingerprint density at radius 3 is 2.62 bits per heavy atom. The zero-order valence-electron chi connectivity index (χ0n) is 15.1. The molecule has 2 N–H and O–H groups in total. The van der Waals surface area contributed by atoms with Crippen molar-refractivity contribution >= 4 is 11.8 Å². The van der Waals surface area contributed by atoms with E-state index in [1.54, 1.807) is 13.1 Å². The van der Waals surface area contributed by atoms with Crippen LogP contribution in [0.4, 0.5) is 0 Å². The van der Waals surface area contributed by atoms with Crippen LogP contribution >= 0.6 is 0 Å². The molecule has 5 heteroatoms. The molecule has 1 atom stereocenters. The van der Waals surface area contributed by atoms with Crippen LogP contribution in [0.5, 0.6) is 0 Å². The quantitative estimate of drug-likeness (QED) is 0.840. The molecule has 2 amide bonds. The molecule has 2 aromatic carbocycles. The largest absolute Gasteiger partial charge is 0.355 e. The molecule has 0 aliphatic carbocycles. The van der Waals surface area contributed by atoms with Crippen LogP contribution < -0.4 is 10.6 Å². The van der Waals surface area contributed by atoms with Crippen molar-refractivity contribution in [1.29, 1.82) is 0 Å². The fourth-order valence-corrected chi connectivity index (χ4v) is 3.40. The minimum atomic E-state index is -0.122. The van der Waals surface area contributed by atoms with Crippen LogP contribution in [0.25, 0.3) is 0 Å². The van der Waals surface area contributed by atoms with Crippen LogP contribution in [0.15, 0.2) is 54.6 Å². The van der Waals surface area contributed by atoms with Gasteiger partial charge in [-0.3, -0.25) is 14.5 Å². The average Bonchev–Trinajstić information content (AvgIpc) is 3.14. The van der Waals surface area contributed by atoms with E-state index < -0.39 is 0 Å². The minimum Gasteiger partial charge on any atom is -0.355 e. The summed E-state index contributed by atoms with van der Waals surface area (Å²) in [4.78, 5) is 26.6. The van der Waals surface area contributed by atoms with Crippen LogP contribution in [-0.4, -0.2) is 36.3 Å². The average molecular weight is 351 g/mol. The lowest BCUT2D eigenvalue weighted by atomic mass is 10.1. The monoisotopic (exact) mass is 351 g/mol. The number of hydrogen-bond acceptors (Lipinski definition) is 3. The molecule has 1 saturated heterocycles. The zero-order chi connectivity index (χ0) is 18.4. The van der Waals surface area contributed by atoms with Crippen molar-refractivity contribution in [2.45, 2.75) is 32.0 Å². The van der Waals surface area contributed by atoms with E-state index in [4.69, 9.17) is 0 Å². The maximum atomic E-state index is 12.7. The number of benzene rings is 2. The van der Waals surface area contributed by atoms with Crippen LogP contribution in [0.3, 0.4) is 0 Å². The van der Waals surface area contributed by atoms with Gasteiger partial charge in [0.1, 0.15) is 0 Å². The summed E-state index contributed by atoms with van der Waals surface area (Å²) in [7, 11) is 1.61. The van der Waals surface area contributed by atoms with E-state index in [-0.39, 0.29) is 17.9 Å². The number of nitrogens with zero attached hydrogens (tertiary/aromatic N) is 1. The molecule has 1 heterocycles. The maximum absolute atomic E-state index is 12.7. The number of hydrogen-bond donors (Lipinski definition) is 2. The Balaban J connectivity index is 1.58. The first-order chi connectivity index (χ1) is 12.7. The van der Waals surface area contributed by atoms with Crippen molar-refractivity contribution in [2.24, 2.45) is 0 Å². The minimum absolute atomic E-state index is 0.0591. The van der Waals surface area contributed by atoms with Gasteiger partial charge in [-0.1, -0.05) is 42.5 Å². The number of likely N-dealkylation sites (tertiary alicyclic amines) is 1. The van der Waals surface area contributed by atoms with Gasteiger partial charge in [-0.05, 0) is 42.6 Å². The highest BCUT2D eigenvalue weighted by Gasteiger charge is 2.30. The van der Waals surface area contributed by atoms with Gasteiger partial charge in [0.2, 0.25) is 5.91 Å². The van der Waals surface area contributed by atoms with Gasteiger partial charge in [0, 0.05) is 25.7 Å². The highest BCUT2D eigenvalue weighted by molar-refractivity contribution is 5.94. The Morgan fingerprint density at radius 1 is 1.08 bits per heavy atom. The summed E-state index contributed by atoms with van der Waals surface area (Å²) in [6, 6.07) is 17.5. The zero-order valence-corrected chi connectivity index (χ0v) is 15.1. The van der Waals surface area contributed by atoms with Crippen LogP contribution in [-0.2, 0) is 17.9 Å². The molecule has 0 aromatic heterocycles. The molecule has 1 aliphatic heterocycles. The Labute approximate surface area is 154 Å². The second kappa shape index (κ2) is 8.63. The van der Waals surface area contributed by atoms with E-state index in [0.29, 0.717) is 12.1 Å². The van der Waals surface area contributed by atoms with Crippen molar-refractivity contribution < 1.29 is 9.59 Å². The molecule has 1 fully saturated rings. The van der Waals surface area contributed by atoms with Crippen LogP contribution in [0.1, 0.15) is 34.3 Å². The SMILES string of the molecule is CNC(=O)c1cccc(CNC(=O)C2CCCN2Cc2ccccc2)c1. The molecule has 26 heavy (non-hydrogen) atoms. The first kappa shape index (κ1) is 18.1. The van der Waals surface area contributed by atoms with E-state index in [1.807, 2.05) is 36.4 Å². The van der Waals surface area contributed by atoms with Crippen LogP contribution in [0, 0.1) is 0 Å². The van der Waals surface area contributed by atoms with Crippen molar-refractivity contribution in [1.82, 2.24) is 15.5 Å². The summed E-state index contributed by atoms with van der Waals surface area (Å²) in [5, 5.41) is 5.64. The van der Waals surface area contributed by atoms with Gasteiger partial charge in [0.05, 0.1) is 6.04 Å². The number of carbonyl (C=O) groups excluding carboxylic acids is 2. The fourth-order valence-electron chi connectivity index (χ4n) is 3.40. The predicted octanol–water partition coefficient (Wildman–Crippen LogP) is 2.33. The van der Waals surface area contributed by atoms with Gasteiger partial charge in [0.15, 0.2) is 0 Å². The third kappa shape index (κ3) is 4.49. The van der Waals surface area contributed by atoms with E-state index in [0.717, 1.165) is 31.5 Å². The van der Waals surface area contributed by atoms with E-state index in [9.17, 15) is 9.59 Å². The summed E-state index contributed by atoms with van der Waals surface area (Å²) in [6.45, 7) is 2.17. The summed E-state index contributed by atoms with van der Waals surface area (Å²) in [5.74, 6) is -0.0632. The second-order valence-electron chi connectivity index (χ2n) is 6.61. The van der Waals surface area contributed by atoms with Crippen molar-refractivity contribution in [3.05, 3.63) is 71.3 Å². The van der Waals surface area contributed by atoms with Gasteiger partial charge < -0.3 is 10.6 Å². The number of amides is 2. The molecular formula is C21H25N3O2. The molecule has 0 radical (unpaired) electrons. The number of carbonyl (C=O) groups is 2. The predicted molar refractivity (Wildman–Crippen MR) is 102 cm³/mol. The number of nitrogens with one attached hydrogen (secondary N) is 2. The lowest BCUT2D eigenvalue weighted by Crippen LogP contribution is -2.42. The molecule has 5 nitrogen and oxygen atoms in total. The Bertz CT molecular complexity index is 761. The molecule has 3 rings (SSSR count). The molecule has 1 unspecified atom stereocenters. The standard InChI is InChI=1S/C21H25N3O2/c1-22-20(25)18-10-5-9-17(13-18)14-23-21(26)19-11-6-12-24(19)15-16-7-3-2-4-8-16/h2-5,7-10,13,19H,6,11-12,14-15H2,1H3,(H,22,25)(H,23,26). The smallest absolute Gasteiger partial charge is 0.251 e. The molecule has 0 spiro atoms. The normalized spacial score (nSPS) is 17.0. The summed E-state index contributed by atoms with van der Waals surface area (Å²) < 4.78 is 0. The summed E-state index contributed by atoms with van der Waals surface area (Å²) in [6.07, 6.45) is 1.92. The fraction of sp³-hybridized carbons (Fsp3) is 0.333. The van der Waals surface area contributed by atoms with E-state index in [1.165, 1.54) is 5.56 Å². The topological polar surface area (TPSA) is 61.4 Å². The summed E-state index contributed by atoms with van der Waals surface area (Å²) >= 11 is 0. The summed E-state index contributed by atoms with van der Waals surface area (Å²) in [5.41, 5.74) is 2.75. The van der Waals surface area contributed by atoms with Gasteiger partial charge in [-0.2, -0.15) is 0 Å². The maximum Gasteiger partial charge on any atom is 0.251 e. The van der Waals surface area contributed by atoms with Crippen molar-refractivity contribution in [3.8, 4) is 0 Å². The molecule has 0 bridgehead atoms. The highest BCUT2D eigenvalue weighted by Crippen LogP contribution is 2.20. The van der Waals surface area contributed by atoms with Gasteiger partial charge in [-0.25, -0.2) is 0 Å². The first-order valence-electron chi connectivity index (χ1n) is 9.04. The third-order valence-corrected chi connectivity index (χ3v) is 4.78. The van der Waals surface area contributed by atoms with Crippen molar-refractivity contribution in [3.63, 3.8) is 0 Å². The lowest BCUT2D eigenvalue weighted by Gasteiger charge is -2.23. The van der Waals surface area contributed by atoms with Crippen molar-refractivity contribution in [2.75, 3.05) is 13.6 Å². The Hall–Kier alpha value is -2.66. The Morgan fingerprint density at radius 2 is 1.85 bits per heavy atom. The molecule has 136 valence electrons. The molecule has 2 aromatic rings. The third-order valence-electron chi connectivity index (χ3n) is 4.78. The van der Waals surface area contributed by atoms with E-state index in [2.05, 4.69) is 27.7 Å². The number of rotatable bonds is 6. The van der Waals surface area contributed by atoms with Gasteiger partial charge in [0.25, 0.3) is 5.91 Å². The van der Waals surface area contributed by atoms with Crippen LogP contribution in [0.2, 0.25) is 0 Å². The van der Waals surface area contributed by atoms with E-state index >= 15 is 0 Å². The van der Waals surface area contributed by atoms with Gasteiger partial charge in [-0.15, -0.1) is 0 Å². The molecular weight excluding hydrogens is 326 g/mol. The molecule has 1 aliphatic rings. The highest BCUT2D eigenvalue weighted by atomic mass is 16.2. The Kier molecular flexibility index (Phi) is 6.02. The van der Waals surface area contributed by atoms with Gasteiger partial charge >= 0.3 is 0 Å². The molecule has 0 saturated carbocycles.